The van der Waals surface area contributed by atoms with Crippen LogP contribution in [0.3, 0.4) is 0 Å². The molecule has 2 aliphatic rings. The summed E-state index contributed by atoms with van der Waals surface area (Å²) in [7, 11) is -1.34. The number of nitrogens with one attached hydrogen (secondary N) is 1. The normalized spacial score (nSPS) is 20.3. The van der Waals surface area contributed by atoms with Gasteiger partial charge in [-0.2, -0.15) is 0 Å². The van der Waals surface area contributed by atoms with E-state index in [-0.39, 0.29) is 6.04 Å². The minimum atomic E-state index is -3.43. The van der Waals surface area contributed by atoms with Crippen molar-refractivity contribution in [3.63, 3.8) is 0 Å². The van der Waals surface area contributed by atoms with Crippen LogP contribution < -0.4 is 4.90 Å². The molecule has 3 aromatic rings. The first-order valence-corrected chi connectivity index (χ1v) is 15.4. The van der Waals surface area contributed by atoms with Gasteiger partial charge in [0.2, 0.25) is 0 Å². The quantitative estimate of drug-likeness (QED) is 0.460. The summed E-state index contributed by atoms with van der Waals surface area (Å²) in [5.41, 5.74) is 5.13. The molecular weight excluding hydrogens is 502 g/mol. The molecule has 2 fully saturated rings. The van der Waals surface area contributed by atoms with Crippen LogP contribution in [0.4, 0.5) is 5.82 Å². The molecule has 0 saturated carbocycles. The van der Waals surface area contributed by atoms with Crippen molar-refractivity contribution in [2.75, 3.05) is 57.7 Å². The Morgan fingerprint density at radius 2 is 1.87 bits per heavy atom. The SMILES string of the molecule is CCC1COCCN1c1cc(C2(S(C)(=O)=O)CCOCC2)cc(-c2ccc3[nH]c(CN(C)CC)cc3n2)n1. The third kappa shape index (κ3) is 5.19. The zero-order valence-corrected chi connectivity index (χ0v) is 23.7. The third-order valence-corrected chi connectivity index (χ3v) is 10.2. The summed E-state index contributed by atoms with van der Waals surface area (Å²) in [6.07, 6.45) is 3.11. The van der Waals surface area contributed by atoms with E-state index in [0.29, 0.717) is 51.5 Å². The molecule has 1 atom stereocenters. The van der Waals surface area contributed by atoms with Crippen molar-refractivity contribution in [3.8, 4) is 11.4 Å². The molecule has 0 bridgehead atoms. The summed E-state index contributed by atoms with van der Waals surface area (Å²) in [6, 6.07) is 10.2. The van der Waals surface area contributed by atoms with E-state index in [0.717, 1.165) is 53.3 Å². The molecule has 1 unspecified atom stereocenters. The highest BCUT2D eigenvalue weighted by Crippen LogP contribution is 2.42. The van der Waals surface area contributed by atoms with Gasteiger partial charge in [-0.05, 0) is 68.8 Å². The molecule has 0 aromatic carbocycles. The Bertz CT molecular complexity index is 1380. The molecule has 38 heavy (non-hydrogen) atoms. The van der Waals surface area contributed by atoms with Crippen molar-refractivity contribution in [3.05, 3.63) is 41.6 Å². The van der Waals surface area contributed by atoms with Crippen LogP contribution >= 0.6 is 0 Å². The molecule has 1 N–H and O–H groups in total. The molecule has 206 valence electrons. The van der Waals surface area contributed by atoms with Gasteiger partial charge in [-0.25, -0.2) is 18.4 Å². The Kier molecular flexibility index (Phi) is 7.77. The van der Waals surface area contributed by atoms with Gasteiger partial charge in [-0.3, -0.25) is 0 Å². The molecule has 2 aliphatic heterocycles. The molecule has 2 saturated heterocycles. The molecular formula is C28H39N5O4S. The van der Waals surface area contributed by atoms with Crippen LogP contribution in [-0.4, -0.2) is 87.1 Å². The van der Waals surface area contributed by atoms with Crippen molar-refractivity contribution >= 4 is 26.7 Å². The van der Waals surface area contributed by atoms with E-state index in [1.54, 1.807) is 0 Å². The zero-order chi connectivity index (χ0) is 26.9. The number of H-pyrrole nitrogens is 1. The highest BCUT2D eigenvalue weighted by Gasteiger charge is 2.44. The molecule has 10 heteroatoms. The maximum absolute atomic E-state index is 13.3. The Morgan fingerprint density at radius 1 is 1.08 bits per heavy atom. The van der Waals surface area contributed by atoms with Crippen molar-refractivity contribution in [2.45, 2.75) is 50.4 Å². The number of aromatic nitrogens is 3. The fourth-order valence-electron chi connectivity index (χ4n) is 5.62. The van der Waals surface area contributed by atoms with E-state index in [1.165, 1.54) is 6.26 Å². The van der Waals surface area contributed by atoms with E-state index in [2.05, 4.69) is 41.7 Å². The van der Waals surface area contributed by atoms with Crippen molar-refractivity contribution in [1.82, 2.24) is 19.9 Å². The number of ether oxygens (including phenoxy) is 2. The summed E-state index contributed by atoms with van der Waals surface area (Å²) in [4.78, 5) is 18.0. The van der Waals surface area contributed by atoms with Gasteiger partial charge in [0.1, 0.15) is 10.6 Å². The van der Waals surface area contributed by atoms with E-state index < -0.39 is 14.6 Å². The zero-order valence-electron chi connectivity index (χ0n) is 22.9. The van der Waals surface area contributed by atoms with Crippen LogP contribution in [0.5, 0.6) is 0 Å². The van der Waals surface area contributed by atoms with Gasteiger partial charge in [-0.15, -0.1) is 0 Å². The van der Waals surface area contributed by atoms with E-state index in [4.69, 9.17) is 19.4 Å². The molecule has 0 radical (unpaired) electrons. The summed E-state index contributed by atoms with van der Waals surface area (Å²) in [6.45, 7) is 8.83. The second-order valence-electron chi connectivity index (χ2n) is 10.6. The van der Waals surface area contributed by atoms with Gasteiger partial charge in [0.05, 0.1) is 41.7 Å². The first-order valence-electron chi connectivity index (χ1n) is 13.6. The maximum atomic E-state index is 13.3. The first kappa shape index (κ1) is 27.1. The number of hydrogen-bond donors (Lipinski definition) is 1. The molecule has 0 spiro atoms. The average Bonchev–Trinajstić information content (AvgIpc) is 3.33. The Morgan fingerprint density at radius 3 is 2.58 bits per heavy atom. The smallest absolute Gasteiger partial charge is 0.157 e. The van der Waals surface area contributed by atoms with Crippen LogP contribution in [0.1, 0.15) is 44.4 Å². The highest BCUT2D eigenvalue weighted by molar-refractivity contribution is 7.91. The van der Waals surface area contributed by atoms with Gasteiger partial charge in [0.15, 0.2) is 9.84 Å². The fraction of sp³-hybridized carbons (Fsp3) is 0.571. The predicted molar refractivity (Wildman–Crippen MR) is 150 cm³/mol. The fourth-order valence-corrected chi connectivity index (χ4v) is 7.08. The number of hydrogen-bond acceptors (Lipinski definition) is 8. The van der Waals surface area contributed by atoms with Crippen LogP contribution in [0, 0.1) is 0 Å². The average molecular weight is 542 g/mol. The number of sulfone groups is 1. The predicted octanol–water partition coefficient (Wildman–Crippen LogP) is 3.74. The summed E-state index contributed by atoms with van der Waals surface area (Å²) in [5, 5.41) is 0. The second-order valence-corrected chi connectivity index (χ2v) is 12.9. The summed E-state index contributed by atoms with van der Waals surface area (Å²) < 4.78 is 37.0. The Hall–Kier alpha value is -2.53. The van der Waals surface area contributed by atoms with Crippen LogP contribution in [0.2, 0.25) is 0 Å². The van der Waals surface area contributed by atoms with Gasteiger partial charge in [0, 0.05) is 38.3 Å². The van der Waals surface area contributed by atoms with Crippen LogP contribution in [0.25, 0.3) is 22.4 Å². The molecule has 0 aliphatic carbocycles. The van der Waals surface area contributed by atoms with E-state index in [1.807, 2.05) is 24.3 Å². The van der Waals surface area contributed by atoms with Gasteiger partial charge < -0.3 is 24.3 Å². The summed E-state index contributed by atoms with van der Waals surface area (Å²) >= 11 is 0. The lowest BCUT2D eigenvalue weighted by atomic mass is 9.90. The summed E-state index contributed by atoms with van der Waals surface area (Å²) in [5.74, 6) is 0.781. The highest BCUT2D eigenvalue weighted by atomic mass is 32.2. The largest absolute Gasteiger partial charge is 0.381 e. The number of aromatic amines is 1. The molecule has 5 heterocycles. The van der Waals surface area contributed by atoms with Gasteiger partial charge >= 0.3 is 0 Å². The van der Waals surface area contributed by atoms with Crippen molar-refractivity contribution in [2.24, 2.45) is 0 Å². The number of rotatable bonds is 8. The second kappa shape index (κ2) is 10.9. The van der Waals surface area contributed by atoms with Gasteiger partial charge in [-0.1, -0.05) is 13.8 Å². The number of fused-ring (bicyclic) bond motifs is 1. The third-order valence-electron chi connectivity index (χ3n) is 8.11. The molecule has 0 amide bonds. The molecule has 3 aromatic heterocycles. The number of morpholine rings is 1. The van der Waals surface area contributed by atoms with Crippen LogP contribution in [-0.2, 0) is 30.6 Å². The Balaban J connectivity index is 1.64. The van der Waals surface area contributed by atoms with E-state index >= 15 is 0 Å². The van der Waals surface area contributed by atoms with E-state index in [9.17, 15) is 8.42 Å². The minimum Gasteiger partial charge on any atom is -0.381 e. The number of anilines is 1. The van der Waals surface area contributed by atoms with Crippen molar-refractivity contribution < 1.29 is 17.9 Å². The van der Waals surface area contributed by atoms with Crippen LogP contribution in [0.15, 0.2) is 30.3 Å². The lowest BCUT2D eigenvalue weighted by molar-refractivity contribution is 0.0741. The standard InChI is InChI=1S/C28H39N5O4S/c1-5-22-19-37-14-11-33(22)27-16-20(28(38(4,34)35)9-12-36-13-10-28)15-25(31-27)24-8-7-23-26(30-24)17-21(29-23)18-32(3)6-2/h7-8,15-17,22,29H,5-6,9-14,18-19H2,1-4H3. The topological polar surface area (TPSA) is 101 Å². The van der Waals surface area contributed by atoms with Crippen molar-refractivity contribution in [1.29, 1.82) is 0 Å². The lowest BCUT2D eigenvalue weighted by Gasteiger charge is -2.39. The minimum absolute atomic E-state index is 0.182. The molecule has 5 rings (SSSR count). The molecule has 9 nitrogen and oxygen atoms in total. The maximum Gasteiger partial charge on any atom is 0.157 e. The number of pyridine rings is 2. The lowest BCUT2D eigenvalue weighted by Crippen LogP contribution is -2.46. The van der Waals surface area contributed by atoms with Gasteiger partial charge in [0.25, 0.3) is 0 Å². The monoisotopic (exact) mass is 541 g/mol. The number of nitrogens with zero attached hydrogens (tertiary/aromatic N) is 4. The first-order chi connectivity index (χ1) is 18.2. The Labute approximate surface area is 225 Å².